The number of anilines is 3. The van der Waals surface area contributed by atoms with E-state index in [0.717, 1.165) is 41.3 Å². The Morgan fingerprint density at radius 3 is 2.56 bits per heavy atom. The molecule has 0 fully saturated rings. The second kappa shape index (κ2) is 6.91. The molecule has 3 aromatic rings. The Bertz CT molecular complexity index is 988. The first kappa shape index (κ1) is 17.3. The topological polar surface area (TPSA) is 50.2 Å². The van der Waals surface area contributed by atoms with Gasteiger partial charge in [-0.05, 0) is 56.2 Å². The number of nitrogens with one attached hydrogen (secondary N) is 1. The van der Waals surface area contributed by atoms with Crippen LogP contribution in [0.3, 0.4) is 0 Å². The van der Waals surface area contributed by atoms with Crippen LogP contribution in [0.5, 0.6) is 0 Å². The maximum absolute atomic E-state index is 12.4. The van der Waals surface area contributed by atoms with Crippen LogP contribution in [0.25, 0.3) is 0 Å². The highest BCUT2D eigenvalue weighted by molar-refractivity contribution is 5.92. The summed E-state index contributed by atoms with van der Waals surface area (Å²) in [6.07, 6.45) is 1.41. The summed E-state index contributed by atoms with van der Waals surface area (Å²) < 4.78 is 1.82. The van der Waals surface area contributed by atoms with Gasteiger partial charge in [0.2, 0.25) is 5.91 Å². The Morgan fingerprint density at radius 2 is 1.85 bits per heavy atom. The van der Waals surface area contributed by atoms with Crippen LogP contribution in [-0.2, 0) is 24.7 Å². The molecule has 27 heavy (non-hydrogen) atoms. The van der Waals surface area contributed by atoms with Crippen LogP contribution < -0.4 is 10.2 Å². The van der Waals surface area contributed by atoms with Gasteiger partial charge in [0.25, 0.3) is 0 Å². The lowest BCUT2D eigenvalue weighted by Crippen LogP contribution is -2.16. The highest BCUT2D eigenvalue weighted by atomic mass is 16.1. The van der Waals surface area contributed by atoms with E-state index in [1.165, 1.54) is 11.3 Å². The van der Waals surface area contributed by atoms with E-state index in [4.69, 9.17) is 0 Å². The maximum Gasteiger partial charge on any atom is 0.228 e. The van der Waals surface area contributed by atoms with Gasteiger partial charge in [-0.2, -0.15) is 5.10 Å². The largest absolute Gasteiger partial charge is 0.341 e. The van der Waals surface area contributed by atoms with E-state index >= 15 is 0 Å². The van der Waals surface area contributed by atoms with E-state index in [0.29, 0.717) is 6.42 Å². The van der Waals surface area contributed by atoms with E-state index in [9.17, 15) is 4.79 Å². The number of hydrogen-bond acceptors (Lipinski definition) is 3. The van der Waals surface area contributed by atoms with Crippen molar-refractivity contribution in [3.05, 3.63) is 71.0 Å². The van der Waals surface area contributed by atoms with E-state index in [1.54, 1.807) is 0 Å². The van der Waals surface area contributed by atoms with Gasteiger partial charge >= 0.3 is 0 Å². The fourth-order valence-corrected chi connectivity index (χ4v) is 3.77. The van der Waals surface area contributed by atoms with E-state index in [2.05, 4.69) is 51.7 Å². The van der Waals surface area contributed by atoms with Crippen LogP contribution in [0.1, 0.15) is 22.5 Å². The van der Waals surface area contributed by atoms with Crippen LogP contribution in [0.15, 0.2) is 48.5 Å². The SMILES string of the molecule is Cc1nn(C)c(C)c1CC(=O)Nc1ccc(N2CCc3ccccc32)cc1. The molecule has 0 bridgehead atoms. The van der Waals surface area contributed by atoms with Crippen LogP contribution in [0, 0.1) is 13.8 Å². The van der Waals surface area contributed by atoms with Crippen LogP contribution in [-0.4, -0.2) is 22.2 Å². The number of carbonyl (C=O) groups is 1. The zero-order chi connectivity index (χ0) is 19.0. The minimum atomic E-state index is -0.0199. The second-order valence-electron chi connectivity index (χ2n) is 7.08. The van der Waals surface area contributed by atoms with Crippen molar-refractivity contribution in [3.63, 3.8) is 0 Å². The van der Waals surface area contributed by atoms with Gasteiger partial charge in [0, 0.05) is 41.9 Å². The number of fused-ring (bicyclic) bond motifs is 1. The lowest BCUT2D eigenvalue weighted by Gasteiger charge is -2.20. The molecule has 0 saturated carbocycles. The van der Waals surface area contributed by atoms with Crippen molar-refractivity contribution >= 4 is 23.0 Å². The molecular formula is C22H24N4O. The maximum atomic E-state index is 12.4. The Morgan fingerprint density at radius 1 is 1.11 bits per heavy atom. The van der Waals surface area contributed by atoms with Crippen LogP contribution >= 0.6 is 0 Å². The van der Waals surface area contributed by atoms with Crippen molar-refractivity contribution in [3.8, 4) is 0 Å². The van der Waals surface area contributed by atoms with Crippen molar-refractivity contribution in [1.29, 1.82) is 0 Å². The monoisotopic (exact) mass is 360 g/mol. The predicted octanol–water partition coefficient (Wildman–Crippen LogP) is 3.91. The fourth-order valence-electron chi connectivity index (χ4n) is 3.77. The van der Waals surface area contributed by atoms with Gasteiger partial charge < -0.3 is 10.2 Å². The zero-order valence-electron chi connectivity index (χ0n) is 16.0. The minimum Gasteiger partial charge on any atom is -0.341 e. The van der Waals surface area contributed by atoms with Gasteiger partial charge in [-0.3, -0.25) is 9.48 Å². The Kier molecular flexibility index (Phi) is 4.44. The fraction of sp³-hybridized carbons (Fsp3) is 0.273. The molecule has 0 aliphatic carbocycles. The summed E-state index contributed by atoms with van der Waals surface area (Å²) in [5, 5.41) is 7.37. The molecule has 0 radical (unpaired) electrons. The van der Waals surface area contributed by atoms with Crippen molar-refractivity contribution in [1.82, 2.24) is 9.78 Å². The third-order valence-corrected chi connectivity index (χ3v) is 5.35. The van der Waals surface area contributed by atoms with E-state index < -0.39 is 0 Å². The van der Waals surface area contributed by atoms with Gasteiger partial charge in [0.1, 0.15) is 0 Å². The van der Waals surface area contributed by atoms with Gasteiger partial charge in [0.05, 0.1) is 12.1 Å². The summed E-state index contributed by atoms with van der Waals surface area (Å²) in [5.74, 6) is -0.0199. The minimum absolute atomic E-state index is 0.0199. The van der Waals surface area contributed by atoms with Crippen LogP contribution in [0.4, 0.5) is 17.1 Å². The lowest BCUT2D eigenvalue weighted by atomic mass is 10.1. The van der Waals surface area contributed by atoms with Crippen LogP contribution in [0.2, 0.25) is 0 Å². The van der Waals surface area contributed by atoms with Gasteiger partial charge in [-0.25, -0.2) is 0 Å². The molecule has 1 aromatic heterocycles. The van der Waals surface area contributed by atoms with Crippen molar-refractivity contribution in [2.24, 2.45) is 7.05 Å². The molecule has 138 valence electrons. The highest BCUT2D eigenvalue weighted by Gasteiger charge is 2.19. The molecule has 5 nitrogen and oxygen atoms in total. The summed E-state index contributed by atoms with van der Waals surface area (Å²) in [4.78, 5) is 14.8. The molecule has 4 rings (SSSR count). The molecule has 2 aromatic carbocycles. The van der Waals surface area contributed by atoms with Crippen molar-refractivity contribution in [2.75, 3.05) is 16.8 Å². The molecule has 0 saturated heterocycles. The average Bonchev–Trinajstić information content (AvgIpc) is 3.19. The Balaban J connectivity index is 1.45. The summed E-state index contributed by atoms with van der Waals surface area (Å²) in [5.41, 5.74) is 7.57. The number of carbonyl (C=O) groups excluding carboxylic acids is 1. The summed E-state index contributed by atoms with van der Waals surface area (Å²) in [6, 6.07) is 16.6. The molecular weight excluding hydrogens is 336 g/mol. The van der Waals surface area contributed by atoms with Gasteiger partial charge in [0.15, 0.2) is 0 Å². The predicted molar refractivity (Wildman–Crippen MR) is 109 cm³/mol. The van der Waals surface area contributed by atoms with Gasteiger partial charge in [-0.1, -0.05) is 18.2 Å². The molecule has 0 unspecified atom stereocenters. The number of aryl methyl sites for hydroxylation is 2. The van der Waals surface area contributed by atoms with Crippen molar-refractivity contribution < 1.29 is 4.79 Å². The molecule has 1 N–H and O–H groups in total. The first-order valence-electron chi connectivity index (χ1n) is 9.27. The molecule has 2 heterocycles. The third-order valence-electron chi connectivity index (χ3n) is 5.35. The number of amides is 1. The standard InChI is InChI=1S/C22H24N4O/c1-15-20(16(2)25(3)24-15)14-22(27)23-18-8-10-19(11-9-18)26-13-12-17-6-4-5-7-21(17)26/h4-11H,12-14H2,1-3H3,(H,23,27). The molecule has 1 aliphatic heterocycles. The zero-order valence-corrected chi connectivity index (χ0v) is 16.0. The number of aromatic nitrogens is 2. The number of para-hydroxylation sites is 1. The number of hydrogen-bond donors (Lipinski definition) is 1. The first-order valence-corrected chi connectivity index (χ1v) is 9.27. The van der Waals surface area contributed by atoms with Gasteiger partial charge in [-0.15, -0.1) is 0 Å². The molecule has 1 aliphatic rings. The van der Waals surface area contributed by atoms with Crippen molar-refractivity contribution in [2.45, 2.75) is 26.7 Å². The Labute approximate surface area is 159 Å². The quantitative estimate of drug-likeness (QED) is 0.767. The molecule has 0 atom stereocenters. The number of nitrogens with zero attached hydrogens (tertiary/aromatic N) is 3. The van der Waals surface area contributed by atoms with E-state index in [-0.39, 0.29) is 5.91 Å². The highest BCUT2D eigenvalue weighted by Crippen LogP contribution is 2.34. The normalized spacial score (nSPS) is 12.9. The second-order valence-corrected chi connectivity index (χ2v) is 7.08. The number of benzene rings is 2. The smallest absolute Gasteiger partial charge is 0.228 e. The molecule has 0 spiro atoms. The van der Waals surface area contributed by atoms with E-state index in [1.807, 2.05) is 37.7 Å². The third kappa shape index (κ3) is 3.33. The lowest BCUT2D eigenvalue weighted by molar-refractivity contribution is -0.115. The summed E-state index contributed by atoms with van der Waals surface area (Å²) >= 11 is 0. The summed E-state index contributed by atoms with van der Waals surface area (Å²) in [7, 11) is 1.90. The summed E-state index contributed by atoms with van der Waals surface area (Å²) in [6.45, 7) is 4.92. The Hall–Kier alpha value is -3.08. The first-order chi connectivity index (χ1) is 13.0. The molecule has 5 heteroatoms. The molecule has 1 amide bonds. The number of rotatable bonds is 4. The average molecular weight is 360 g/mol.